The van der Waals surface area contributed by atoms with Gasteiger partial charge in [-0.1, -0.05) is 48.5 Å². The quantitative estimate of drug-likeness (QED) is 0.535. The fourth-order valence-electron chi connectivity index (χ4n) is 5.03. The molecule has 38 heavy (non-hydrogen) atoms. The average molecular weight is 523 g/mol. The Morgan fingerprint density at radius 1 is 0.868 bits per heavy atom. The van der Waals surface area contributed by atoms with E-state index in [4.69, 9.17) is 9.47 Å². The molecule has 0 atom stereocenters. The zero-order chi connectivity index (χ0) is 26.7. The van der Waals surface area contributed by atoms with Crippen molar-refractivity contribution in [3.63, 3.8) is 0 Å². The summed E-state index contributed by atoms with van der Waals surface area (Å²) in [5, 5.41) is 5.36. The highest BCUT2D eigenvalue weighted by Crippen LogP contribution is 2.28. The zero-order valence-corrected chi connectivity index (χ0v) is 22.1. The highest BCUT2D eigenvalue weighted by molar-refractivity contribution is 5.91. The first-order valence-corrected chi connectivity index (χ1v) is 13.5. The number of carbonyl (C=O) groups excluding carboxylic acids is 3. The molecule has 0 unspecified atom stereocenters. The summed E-state index contributed by atoms with van der Waals surface area (Å²) >= 11 is 0. The van der Waals surface area contributed by atoms with E-state index in [1.807, 2.05) is 59.5 Å². The Morgan fingerprint density at radius 2 is 1.55 bits per heavy atom. The Morgan fingerprint density at radius 3 is 2.26 bits per heavy atom. The van der Waals surface area contributed by atoms with Crippen LogP contribution in [0.1, 0.15) is 32.1 Å². The first-order valence-electron chi connectivity index (χ1n) is 13.5. The predicted molar refractivity (Wildman–Crippen MR) is 146 cm³/mol. The summed E-state index contributed by atoms with van der Waals surface area (Å²) in [7, 11) is 1.54. The fraction of sp³-hybridized carbons (Fsp3) is 0.483. The molecule has 2 aromatic rings. The molecule has 2 N–H and O–H groups in total. The highest BCUT2D eigenvalue weighted by Gasteiger charge is 2.26. The van der Waals surface area contributed by atoms with Crippen LogP contribution in [0, 0.1) is 5.92 Å². The number of benzene rings is 2. The summed E-state index contributed by atoms with van der Waals surface area (Å²) in [6.07, 6.45) is 2.70. The van der Waals surface area contributed by atoms with Crippen molar-refractivity contribution in [2.45, 2.75) is 38.2 Å². The van der Waals surface area contributed by atoms with Gasteiger partial charge in [-0.05, 0) is 43.2 Å². The second-order valence-electron chi connectivity index (χ2n) is 9.91. The topological polar surface area (TPSA) is 100 Å². The van der Waals surface area contributed by atoms with Crippen molar-refractivity contribution < 1.29 is 23.9 Å². The van der Waals surface area contributed by atoms with Crippen molar-refractivity contribution in [1.82, 2.24) is 15.1 Å². The summed E-state index contributed by atoms with van der Waals surface area (Å²) in [6.45, 7) is 4.12. The van der Waals surface area contributed by atoms with Crippen molar-refractivity contribution in [2.24, 2.45) is 5.92 Å². The van der Waals surface area contributed by atoms with Crippen LogP contribution in [0.4, 0.5) is 15.3 Å². The highest BCUT2D eigenvalue weighted by atomic mass is 16.6. The number of anilines is 1. The van der Waals surface area contributed by atoms with Gasteiger partial charge in [-0.2, -0.15) is 0 Å². The Bertz CT molecular complexity index is 1060. The Hall–Kier alpha value is -3.59. The molecule has 3 amide bonds. The molecule has 9 heteroatoms. The fourth-order valence-corrected chi connectivity index (χ4v) is 5.03. The number of ether oxygens (including phenoxy) is 2. The van der Waals surface area contributed by atoms with E-state index in [2.05, 4.69) is 15.5 Å². The van der Waals surface area contributed by atoms with Crippen LogP contribution >= 0.6 is 0 Å². The van der Waals surface area contributed by atoms with Gasteiger partial charge in [0.05, 0.1) is 12.3 Å². The van der Waals surface area contributed by atoms with Crippen molar-refractivity contribution >= 4 is 23.8 Å². The van der Waals surface area contributed by atoms with Gasteiger partial charge in [0.1, 0.15) is 6.10 Å². The third-order valence-electron chi connectivity index (χ3n) is 7.32. The van der Waals surface area contributed by atoms with Gasteiger partial charge in [0.15, 0.2) is 0 Å². The number of nitrogens with zero attached hydrogens (tertiary/aromatic N) is 2. The van der Waals surface area contributed by atoms with Crippen LogP contribution in [-0.2, 0) is 14.3 Å². The number of piperidine rings is 2. The van der Waals surface area contributed by atoms with Crippen LogP contribution in [0.15, 0.2) is 54.6 Å². The first-order chi connectivity index (χ1) is 18.5. The van der Waals surface area contributed by atoms with Crippen LogP contribution in [0.3, 0.4) is 0 Å². The molecule has 0 bridgehead atoms. The molecule has 0 aromatic heterocycles. The van der Waals surface area contributed by atoms with Crippen molar-refractivity contribution in [2.75, 3.05) is 51.7 Å². The van der Waals surface area contributed by atoms with Gasteiger partial charge in [0, 0.05) is 51.8 Å². The lowest BCUT2D eigenvalue weighted by atomic mass is 9.97. The molecule has 0 aliphatic carbocycles. The van der Waals surface area contributed by atoms with Crippen LogP contribution < -0.4 is 10.6 Å². The monoisotopic (exact) mass is 522 g/mol. The number of likely N-dealkylation sites (tertiary alicyclic amines) is 2. The standard InChI is InChI=1S/C29H38N4O5/c1-30-28(35)37-21-22-11-19-33(20-12-22)27(34)15-18-32-16-13-24(14-17-32)38-29(36)31-26-10-6-5-9-25(26)23-7-3-2-4-8-23/h2-10,22,24H,11-21H2,1H3,(H,30,35)(H,31,36). The molecule has 2 aliphatic rings. The number of nitrogens with one attached hydrogen (secondary N) is 2. The average Bonchev–Trinajstić information content (AvgIpc) is 2.96. The SMILES string of the molecule is CNC(=O)OCC1CCN(C(=O)CCN2CCC(OC(=O)Nc3ccccc3-c3ccccc3)CC2)CC1. The maximum atomic E-state index is 12.7. The molecule has 2 heterocycles. The van der Waals surface area contributed by atoms with E-state index in [0.29, 0.717) is 38.6 Å². The minimum atomic E-state index is -0.439. The van der Waals surface area contributed by atoms with Gasteiger partial charge < -0.3 is 24.6 Å². The molecular weight excluding hydrogens is 484 g/mol. The Labute approximate surface area is 224 Å². The summed E-state index contributed by atoms with van der Waals surface area (Å²) in [4.78, 5) is 40.8. The van der Waals surface area contributed by atoms with Crippen LogP contribution in [0.2, 0.25) is 0 Å². The third-order valence-corrected chi connectivity index (χ3v) is 7.32. The van der Waals surface area contributed by atoms with Gasteiger partial charge in [-0.15, -0.1) is 0 Å². The van der Waals surface area contributed by atoms with E-state index in [1.54, 1.807) is 7.05 Å². The van der Waals surface area contributed by atoms with Gasteiger partial charge in [-0.25, -0.2) is 9.59 Å². The smallest absolute Gasteiger partial charge is 0.411 e. The molecule has 0 saturated carbocycles. The van der Waals surface area contributed by atoms with Crippen molar-refractivity contribution in [3.8, 4) is 11.1 Å². The summed E-state index contributed by atoms with van der Waals surface area (Å²) < 4.78 is 10.9. The number of para-hydroxylation sites is 1. The first kappa shape index (κ1) is 27.4. The zero-order valence-electron chi connectivity index (χ0n) is 22.1. The molecular formula is C29H38N4O5. The van der Waals surface area contributed by atoms with E-state index >= 15 is 0 Å². The number of alkyl carbamates (subject to hydrolysis) is 1. The second-order valence-corrected chi connectivity index (χ2v) is 9.91. The van der Waals surface area contributed by atoms with E-state index < -0.39 is 12.2 Å². The molecule has 2 aromatic carbocycles. The van der Waals surface area contributed by atoms with Crippen LogP contribution in [0.25, 0.3) is 11.1 Å². The summed E-state index contributed by atoms with van der Waals surface area (Å²) in [5.74, 6) is 0.477. The summed E-state index contributed by atoms with van der Waals surface area (Å²) in [6, 6.07) is 17.6. The van der Waals surface area contributed by atoms with Gasteiger partial charge >= 0.3 is 12.2 Å². The Kier molecular flexibility index (Phi) is 9.97. The second kappa shape index (κ2) is 13.8. The molecule has 2 saturated heterocycles. The van der Waals surface area contributed by atoms with Crippen LogP contribution in [-0.4, -0.2) is 80.4 Å². The lowest BCUT2D eigenvalue weighted by Crippen LogP contribution is -2.43. The van der Waals surface area contributed by atoms with Crippen molar-refractivity contribution in [3.05, 3.63) is 54.6 Å². The van der Waals surface area contributed by atoms with E-state index in [-0.39, 0.29) is 12.0 Å². The van der Waals surface area contributed by atoms with Gasteiger partial charge in [0.2, 0.25) is 5.91 Å². The molecule has 2 fully saturated rings. The van der Waals surface area contributed by atoms with Crippen LogP contribution in [0.5, 0.6) is 0 Å². The van der Waals surface area contributed by atoms with Gasteiger partial charge in [-0.3, -0.25) is 10.1 Å². The van der Waals surface area contributed by atoms with Crippen molar-refractivity contribution in [1.29, 1.82) is 0 Å². The number of hydrogen-bond acceptors (Lipinski definition) is 6. The number of hydrogen-bond donors (Lipinski definition) is 2. The normalized spacial score (nSPS) is 17.0. The van der Waals surface area contributed by atoms with E-state index in [1.165, 1.54) is 0 Å². The minimum absolute atomic E-state index is 0.137. The molecule has 9 nitrogen and oxygen atoms in total. The Balaban J connectivity index is 1.14. The maximum Gasteiger partial charge on any atom is 0.411 e. The minimum Gasteiger partial charge on any atom is -0.449 e. The molecule has 4 rings (SSSR count). The maximum absolute atomic E-state index is 12.7. The van der Waals surface area contributed by atoms with E-state index in [9.17, 15) is 14.4 Å². The number of amides is 3. The predicted octanol–water partition coefficient (Wildman–Crippen LogP) is 4.35. The lowest BCUT2D eigenvalue weighted by molar-refractivity contribution is -0.133. The molecule has 204 valence electrons. The third kappa shape index (κ3) is 7.95. The molecule has 0 radical (unpaired) electrons. The molecule has 0 spiro atoms. The van der Waals surface area contributed by atoms with Gasteiger partial charge in [0.25, 0.3) is 0 Å². The molecule has 2 aliphatic heterocycles. The van der Waals surface area contributed by atoms with E-state index in [0.717, 1.165) is 55.6 Å². The summed E-state index contributed by atoms with van der Waals surface area (Å²) in [5.41, 5.74) is 2.71. The number of carbonyl (C=O) groups is 3. The lowest BCUT2D eigenvalue weighted by Gasteiger charge is -2.34. The number of rotatable bonds is 8. The largest absolute Gasteiger partial charge is 0.449 e.